The smallest absolute Gasteiger partial charge is 0.251 e. The molecule has 1 heterocycles. The third-order valence-electron chi connectivity index (χ3n) is 4.86. The number of amides is 1. The topological polar surface area (TPSA) is 55.4 Å². The molecule has 1 N–H and O–H groups in total. The summed E-state index contributed by atoms with van der Waals surface area (Å²) in [5.74, 6) is 0.627. The third-order valence-corrected chi connectivity index (χ3v) is 4.86. The van der Waals surface area contributed by atoms with Gasteiger partial charge < -0.3 is 10.1 Å². The quantitative estimate of drug-likeness (QED) is 0.603. The number of carbonyl (C=O) groups excluding carboxylic acids is 2. The van der Waals surface area contributed by atoms with Crippen LogP contribution >= 0.6 is 0 Å². The van der Waals surface area contributed by atoms with Crippen LogP contribution in [0.2, 0.25) is 0 Å². The molecule has 1 fully saturated rings. The molecule has 0 aromatic heterocycles. The van der Waals surface area contributed by atoms with Gasteiger partial charge in [-0.2, -0.15) is 0 Å². The molecule has 1 saturated heterocycles. The van der Waals surface area contributed by atoms with Crippen molar-refractivity contribution < 1.29 is 14.3 Å². The zero-order chi connectivity index (χ0) is 18.4. The van der Waals surface area contributed by atoms with E-state index in [-0.39, 0.29) is 11.7 Å². The Balaban J connectivity index is 1.57. The Labute approximate surface area is 154 Å². The number of carbonyl (C=O) groups is 2. The third kappa shape index (κ3) is 4.58. The Morgan fingerprint density at radius 3 is 2.58 bits per heavy atom. The largest absolute Gasteiger partial charge is 0.381 e. The second-order valence-electron chi connectivity index (χ2n) is 6.81. The average molecular weight is 351 g/mol. The Kier molecular flexibility index (Phi) is 6.18. The first-order valence-corrected chi connectivity index (χ1v) is 9.21. The summed E-state index contributed by atoms with van der Waals surface area (Å²) in [6.07, 6.45) is 3.21. The maximum absolute atomic E-state index is 12.3. The molecule has 2 aromatic rings. The van der Waals surface area contributed by atoms with Crippen molar-refractivity contribution >= 4 is 11.7 Å². The molecular weight excluding hydrogens is 326 g/mol. The highest BCUT2D eigenvalue weighted by Gasteiger charge is 2.15. The summed E-state index contributed by atoms with van der Waals surface area (Å²) in [7, 11) is 0. The van der Waals surface area contributed by atoms with E-state index in [9.17, 15) is 9.59 Å². The van der Waals surface area contributed by atoms with Crippen LogP contribution in [0.3, 0.4) is 0 Å². The summed E-state index contributed by atoms with van der Waals surface area (Å²) in [5.41, 5.74) is 3.16. The van der Waals surface area contributed by atoms with E-state index in [1.807, 2.05) is 48.5 Å². The number of rotatable bonds is 7. The summed E-state index contributed by atoms with van der Waals surface area (Å²) >= 11 is 0. The summed E-state index contributed by atoms with van der Waals surface area (Å²) in [6.45, 7) is 3.98. The first kappa shape index (κ1) is 18.3. The predicted molar refractivity (Wildman–Crippen MR) is 102 cm³/mol. The highest BCUT2D eigenvalue weighted by Crippen LogP contribution is 2.24. The molecule has 1 aliphatic rings. The summed E-state index contributed by atoms with van der Waals surface area (Å²) in [5, 5.41) is 2.98. The van der Waals surface area contributed by atoms with E-state index < -0.39 is 0 Å². The van der Waals surface area contributed by atoms with Gasteiger partial charge >= 0.3 is 0 Å². The number of nitrogens with one attached hydrogen (secondary N) is 1. The summed E-state index contributed by atoms with van der Waals surface area (Å²) in [4.78, 5) is 24.1. The minimum atomic E-state index is -0.0564. The highest BCUT2D eigenvalue weighted by atomic mass is 16.5. The fraction of sp³-hybridized carbons (Fsp3) is 0.364. The van der Waals surface area contributed by atoms with Crippen molar-refractivity contribution in [1.82, 2.24) is 5.32 Å². The second-order valence-corrected chi connectivity index (χ2v) is 6.81. The number of hydrogen-bond acceptors (Lipinski definition) is 3. The standard InChI is InChI=1S/C22H25NO3/c1-16(24)20-6-2-3-7-21(20)18-8-10-19(11-9-18)22(25)23-13-4-5-17-12-14-26-15-17/h2-3,6-11,17H,4-5,12-15H2,1H3,(H,23,25)/t17-/m1/s1. The molecule has 0 unspecified atom stereocenters. The van der Waals surface area contributed by atoms with Crippen LogP contribution in [0.4, 0.5) is 0 Å². The minimum absolute atomic E-state index is 0.0371. The van der Waals surface area contributed by atoms with Crippen LogP contribution < -0.4 is 5.32 Å². The van der Waals surface area contributed by atoms with Gasteiger partial charge in [0.05, 0.1) is 0 Å². The zero-order valence-corrected chi connectivity index (χ0v) is 15.2. The van der Waals surface area contributed by atoms with Crippen molar-refractivity contribution in [3.63, 3.8) is 0 Å². The van der Waals surface area contributed by atoms with Gasteiger partial charge in [0.15, 0.2) is 5.78 Å². The van der Waals surface area contributed by atoms with E-state index in [1.54, 1.807) is 6.92 Å². The maximum atomic E-state index is 12.3. The maximum Gasteiger partial charge on any atom is 0.251 e. The lowest BCUT2D eigenvalue weighted by molar-refractivity contribution is 0.0951. The molecule has 26 heavy (non-hydrogen) atoms. The Morgan fingerprint density at radius 2 is 1.88 bits per heavy atom. The molecule has 2 aromatic carbocycles. The molecule has 1 aliphatic heterocycles. The van der Waals surface area contributed by atoms with Gasteiger partial charge in [0, 0.05) is 30.9 Å². The van der Waals surface area contributed by atoms with Gasteiger partial charge in [-0.15, -0.1) is 0 Å². The molecule has 136 valence electrons. The molecule has 3 rings (SSSR count). The SMILES string of the molecule is CC(=O)c1ccccc1-c1ccc(C(=O)NCCC[C@@H]2CCOC2)cc1. The van der Waals surface area contributed by atoms with Gasteiger partial charge in [0.1, 0.15) is 0 Å². The lowest BCUT2D eigenvalue weighted by atomic mass is 9.97. The number of ketones is 1. The first-order chi connectivity index (χ1) is 12.6. The molecule has 4 nitrogen and oxygen atoms in total. The molecular formula is C22H25NO3. The van der Waals surface area contributed by atoms with E-state index in [4.69, 9.17) is 4.74 Å². The van der Waals surface area contributed by atoms with Gasteiger partial charge in [0.2, 0.25) is 0 Å². The van der Waals surface area contributed by atoms with E-state index in [2.05, 4.69) is 5.32 Å². The monoisotopic (exact) mass is 351 g/mol. The van der Waals surface area contributed by atoms with Crippen molar-refractivity contribution in [2.24, 2.45) is 5.92 Å². The van der Waals surface area contributed by atoms with Crippen LogP contribution in [0.1, 0.15) is 46.9 Å². The van der Waals surface area contributed by atoms with Crippen LogP contribution in [0.25, 0.3) is 11.1 Å². The second kappa shape index (κ2) is 8.77. The van der Waals surface area contributed by atoms with E-state index in [1.165, 1.54) is 0 Å². The van der Waals surface area contributed by atoms with E-state index >= 15 is 0 Å². The number of benzene rings is 2. The molecule has 0 aliphatic carbocycles. The van der Waals surface area contributed by atoms with Crippen molar-refractivity contribution in [3.05, 3.63) is 59.7 Å². The fourth-order valence-electron chi connectivity index (χ4n) is 3.35. The Bertz CT molecular complexity index is 761. The van der Waals surface area contributed by atoms with Crippen LogP contribution in [0, 0.1) is 5.92 Å². The van der Waals surface area contributed by atoms with Gasteiger partial charge in [-0.1, -0.05) is 36.4 Å². The van der Waals surface area contributed by atoms with Crippen molar-refractivity contribution in [1.29, 1.82) is 0 Å². The number of ether oxygens (including phenoxy) is 1. The lowest BCUT2D eigenvalue weighted by Crippen LogP contribution is -2.24. The molecule has 0 bridgehead atoms. The molecule has 0 radical (unpaired) electrons. The minimum Gasteiger partial charge on any atom is -0.381 e. The van der Waals surface area contributed by atoms with Crippen LogP contribution in [-0.2, 0) is 4.74 Å². The molecule has 1 atom stereocenters. The number of Topliss-reactive ketones (excluding diaryl/α,β-unsaturated/α-hetero) is 1. The number of hydrogen-bond donors (Lipinski definition) is 1. The zero-order valence-electron chi connectivity index (χ0n) is 15.2. The van der Waals surface area contributed by atoms with Crippen LogP contribution in [0.15, 0.2) is 48.5 Å². The first-order valence-electron chi connectivity index (χ1n) is 9.21. The summed E-state index contributed by atoms with van der Waals surface area (Å²) < 4.78 is 5.37. The molecule has 0 saturated carbocycles. The molecule has 0 spiro atoms. The van der Waals surface area contributed by atoms with Gasteiger partial charge in [-0.25, -0.2) is 0 Å². The highest BCUT2D eigenvalue weighted by molar-refractivity contribution is 6.01. The summed E-state index contributed by atoms with van der Waals surface area (Å²) in [6, 6.07) is 14.9. The van der Waals surface area contributed by atoms with E-state index in [0.717, 1.165) is 43.6 Å². The van der Waals surface area contributed by atoms with E-state index in [0.29, 0.717) is 23.6 Å². The fourth-order valence-corrected chi connectivity index (χ4v) is 3.35. The lowest BCUT2D eigenvalue weighted by Gasteiger charge is -2.10. The Hall–Kier alpha value is -2.46. The molecule has 1 amide bonds. The van der Waals surface area contributed by atoms with Crippen molar-refractivity contribution in [3.8, 4) is 11.1 Å². The van der Waals surface area contributed by atoms with Crippen molar-refractivity contribution in [2.45, 2.75) is 26.2 Å². The van der Waals surface area contributed by atoms with Gasteiger partial charge in [0.25, 0.3) is 5.91 Å². The van der Waals surface area contributed by atoms with Crippen LogP contribution in [-0.4, -0.2) is 31.4 Å². The normalized spacial score (nSPS) is 16.4. The van der Waals surface area contributed by atoms with Gasteiger partial charge in [-0.3, -0.25) is 9.59 Å². The Morgan fingerprint density at radius 1 is 1.12 bits per heavy atom. The van der Waals surface area contributed by atoms with Crippen molar-refractivity contribution in [2.75, 3.05) is 19.8 Å². The molecule has 4 heteroatoms. The van der Waals surface area contributed by atoms with Crippen LogP contribution in [0.5, 0.6) is 0 Å². The average Bonchev–Trinajstić information content (AvgIpc) is 3.18. The van der Waals surface area contributed by atoms with Gasteiger partial charge in [-0.05, 0) is 55.4 Å². The predicted octanol–water partition coefficient (Wildman–Crippen LogP) is 4.10.